The van der Waals surface area contributed by atoms with E-state index in [0.717, 1.165) is 28.6 Å². The van der Waals surface area contributed by atoms with Gasteiger partial charge in [-0.25, -0.2) is 0 Å². The van der Waals surface area contributed by atoms with Gasteiger partial charge < -0.3 is 15.6 Å². The zero-order chi connectivity index (χ0) is 21.3. The number of carbonyl (C=O) groups excluding carboxylic acids is 2. The second-order valence-corrected chi connectivity index (χ2v) is 8.41. The van der Waals surface area contributed by atoms with Crippen molar-refractivity contribution in [3.8, 4) is 0 Å². The smallest absolute Gasteiger partial charge is 0.268 e. The van der Waals surface area contributed by atoms with Crippen molar-refractivity contribution in [2.24, 2.45) is 0 Å². The number of H-pyrrole nitrogens is 1. The maximum Gasteiger partial charge on any atom is 0.268 e. The van der Waals surface area contributed by atoms with Gasteiger partial charge in [-0.1, -0.05) is 49.8 Å². The van der Waals surface area contributed by atoms with Crippen LogP contribution in [0.3, 0.4) is 0 Å². The van der Waals surface area contributed by atoms with Crippen LogP contribution in [0.1, 0.15) is 51.4 Å². The summed E-state index contributed by atoms with van der Waals surface area (Å²) < 4.78 is 0. The molecule has 0 bridgehead atoms. The molecule has 1 aromatic heterocycles. The highest BCUT2D eigenvalue weighted by molar-refractivity contribution is 6.08. The van der Waals surface area contributed by atoms with E-state index in [-0.39, 0.29) is 22.9 Å². The molecule has 1 aromatic carbocycles. The number of para-hydroxylation sites is 1. The molecule has 2 aromatic rings. The molecule has 152 valence electrons. The Morgan fingerprint density at radius 2 is 1.97 bits per heavy atom. The van der Waals surface area contributed by atoms with E-state index >= 15 is 0 Å². The summed E-state index contributed by atoms with van der Waals surface area (Å²) in [5.41, 5.74) is 5.24. The molecule has 1 aliphatic heterocycles. The van der Waals surface area contributed by atoms with Crippen molar-refractivity contribution in [2.45, 2.75) is 52.5 Å². The molecule has 0 spiro atoms. The summed E-state index contributed by atoms with van der Waals surface area (Å²) in [7, 11) is 0. The maximum atomic E-state index is 12.5. The number of amides is 2. The zero-order valence-corrected chi connectivity index (χ0v) is 17.8. The molecular formula is C24H29N3O2. The summed E-state index contributed by atoms with van der Waals surface area (Å²) in [5.74, 6) is -0.501. The number of benzene rings is 1. The third-order valence-electron chi connectivity index (χ3n) is 5.38. The van der Waals surface area contributed by atoms with E-state index in [4.69, 9.17) is 0 Å². The first kappa shape index (κ1) is 20.6. The molecule has 2 heterocycles. The van der Waals surface area contributed by atoms with Crippen LogP contribution in [0.15, 0.2) is 48.2 Å². The van der Waals surface area contributed by atoms with Gasteiger partial charge in [0.2, 0.25) is 5.91 Å². The van der Waals surface area contributed by atoms with Crippen molar-refractivity contribution in [1.82, 2.24) is 15.6 Å². The number of piperazine rings is 1. The van der Waals surface area contributed by atoms with E-state index in [1.54, 1.807) is 13.0 Å². The highest BCUT2D eigenvalue weighted by atomic mass is 16.2. The van der Waals surface area contributed by atoms with Crippen LogP contribution in [0.2, 0.25) is 0 Å². The number of hydrogen-bond acceptors (Lipinski definition) is 2. The van der Waals surface area contributed by atoms with E-state index in [1.807, 2.05) is 18.2 Å². The van der Waals surface area contributed by atoms with E-state index in [2.05, 4.69) is 62.0 Å². The molecule has 5 heteroatoms. The second kappa shape index (κ2) is 7.74. The number of aromatic nitrogens is 1. The third kappa shape index (κ3) is 4.04. The lowest BCUT2D eigenvalue weighted by Crippen LogP contribution is -2.53. The summed E-state index contributed by atoms with van der Waals surface area (Å²) in [6.07, 6.45) is 6.67. The predicted octanol–water partition coefficient (Wildman–Crippen LogP) is 4.12. The predicted molar refractivity (Wildman–Crippen MR) is 118 cm³/mol. The van der Waals surface area contributed by atoms with Gasteiger partial charge in [-0.05, 0) is 38.8 Å². The van der Waals surface area contributed by atoms with Crippen LogP contribution in [0.25, 0.3) is 17.0 Å². The number of carbonyl (C=O) groups is 2. The molecule has 1 fully saturated rings. The SMILES string of the molecule is C=CC(C)(C)c1[nH]c2c(CC=C(C)C)cccc2c1C=C1NC(=O)C(C)NC1=O. The lowest BCUT2D eigenvalue weighted by Gasteiger charge is -2.23. The number of rotatable bonds is 5. The summed E-state index contributed by atoms with van der Waals surface area (Å²) in [6, 6.07) is 5.63. The second-order valence-electron chi connectivity index (χ2n) is 8.41. The Kier molecular flexibility index (Phi) is 5.51. The van der Waals surface area contributed by atoms with Gasteiger partial charge in [-0.15, -0.1) is 6.58 Å². The molecule has 3 N–H and O–H groups in total. The van der Waals surface area contributed by atoms with E-state index in [1.165, 1.54) is 11.1 Å². The normalized spacial score (nSPS) is 18.5. The average molecular weight is 392 g/mol. The van der Waals surface area contributed by atoms with Gasteiger partial charge in [0.15, 0.2) is 0 Å². The van der Waals surface area contributed by atoms with Crippen LogP contribution in [0.4, 0.5) is 0 Å². The van der Waals surface area contributed by atoms with Gasteiger partial charge in [0.1, 0.15) is 11.7 Å². The molecule has 1 atom stereocenters. The maximum absolute atomic E-state index is 12.5. The van der Waals surface area contributed by atoms with Crippen LogP contribution in [0.5, 0.6) is 0 Å². The fourth-order valence-electron chi connectivity index (χ4n) is 3.43. The summed E-state index contributed by atoms with van der Waals surface area (Å²) in [6.45, 7) is 14.0. The van der Waals surface area contributed by atoms with Gasteiger partial charge in [-0.3, -0.25) is 9.59 Å². The number of hydrogen-bond donors (Lipinski definition) is 3. The van der Waals surface area contributed by atoms with Crippen molar-refractivity contribution in [3.63, 3.8) is 0 Å². The Bertz CT molecular complexity index is 1050. The van der Waals surface area contributed by atoms with Gasteiger partial charge >= 0.3 is 0 Å². The summed E-state index contributed by atoms with van der Waals surface area (Å²) >= 11 is 0. The molecule has 5 nitrogen and oxygen atoms in total. The number of allylic oxidation sites excluding steroid dienone is 3. The van der Waals surface area contributed by atoms with Crippen LogP contribution >= 0.6 is 0 Å². The Hall–Kier alpha value is -3.08. The van der Waals surface area contributed by atoms with Gasteiger partial charge in [0.25, 0.3) is 5.91 Å². The van der Waals surface area contributed by atoms with Crippen LogP contribution < -0.4 is 10.6 Å². The molecule has 1 saturated heterocycles. The molecule has 0 aliphatic carbocycles. The molecule has 0 radical (unpaired) electrons. The number of aromatic amines is 1. The monoisotopic (exact) mass is 391 g/mol. The molecule has 0 saturated carbocycles. The largest absolute Gasteiger partial charge is 0.357 e. The molecular weight excluding hydrogens is 362 g/mol. The zero-order valence-electron chi connectivity index (χ0n) is 17.8. The van der Waals surface area contributed by atoms with Gasteiger partial charge in [0, 0.05) is 27.6 Å². The first-order valence-corrected chi connectivity index (χ1v) is 9.88. The topological polar surface area (TPSA) is 74.0 Å². The minimum Gasteiger partial charge on any atom is -0.357 e. The van der Waals surface area contributed by atoms with Crippen molar-refractivity contribution in [3.05, 3.63) is 65.0 Å². The fraction of sp³-hybridized carbons (Fsp3) is 0.333. The number of fused-ring (bicyclic) bond motifs is 1. The minimum absolute atomic E-state index is 0.218. The highest BCUT2D eigenvalue weighted by Gasteiger charge is 2.29. The molecule has 2 amide bonds. The third-order valence-corrected chi connectivity index (χ3v) is 5.38. The first-order valence-electron chi connectivity index (χ1n) is 9.88. The van der Waals surface area contributed by atoms with Gasteiger partial charge in [-0.2, -0.15) is 0 Å². The van der Waals surface area contributed by atoms with E-state index < -0.39 is 6.04 Å². The van der Waals surface area contributed by atoms with Crippen molar-refractivity contribution in [2.75, 3.05) is 0 Å². The first-order chi connectivity index (χ1) is 13.6. The van der Waals surface area contributed by atoms with Crippen LogP contribution in [0, 0.1) is 0 Å². The van der Waals surface area contributed by atoms with E-state index in [9.17, 15) is 9.59 Å². The Balaban J connectivity index is 2.23. The molecule has 29 heavy (non-hydrogen) atoms. The Morgan fingerprint density at radius 1 is 1.24 bits per heavy atom. The summed E-state index contributed by atoms with van der Waals surface area (Å²) in [4.78, 5) is 28.1. The van der Waals surface area contributed by atoms with E-state index in [0.29, 0.717) is 0 Å². The van der Waals surface area contributed by atoms with Crippen LogP contribution in [-0.4, -0.2) is 22.8 Å². The minimum atomic E-state index is -0.539. The standard InChI is InChI=1S/C24H29N3O2/c1-7-24(5,6)21-18(13-19-23(29)25-15(4)22(28)26-19)17-10-8-9-16(20(17)27-21)12-11-14(2)3/h7-11,13,15,27H,1,12H2,2-6H3,(H,25,29)(H,26,28). The molecule has 3 rings (SSSR count). The lowest BCUT2D eigenvalue weighted by molar-refractivity contribution is -0.130. The Labute approximate surface area is 172 Å². The van der Waals surface area contributed by atoms with Crippen molar-refractivity contribution in [1.29, 1.82) is 0 Å². The van der Waals surface area contributed by atoms with Crippen molar-refractivity contribution >= 4 is 28.8 Å². The number of nitrogens with one attached hydrogen (secondary N) is 3. The quantitative estimate of drug-likeness (QED) is 0.530. The highest BCUT2D eigenvalue weighted by Crippen LogP contribution is 2.35. The molecule has 1 aliphatic rings. The fourth-order valence-corrected chi connectivity index (χ4v) is 3.43. The lowest BCUT2D eigenvalue weighted by atomic mass is 9.86. The molecule has 1 unspecified atom stereocenters. The average Bonchev–Trinajstić information content (AvgIpc) is 3.04. The van der Waals surface area contributed by atoms with Gasteiger partial charge in [0.05, 0.1) is 0 Å². The summed E-state index contributed by atoms with van der Waals surface area (Å²) in [5, 5.41) is 6.45. The van der Waals surface area contributed by atoms with Crippen molar-refractivity contribution < 1.29 is 9.59 Å². The Morgan fingerprint density at radius 3 is 2.62 bits per heavy atom. The van der Waals surface area contributed by atoms with Crippen LogP contribution in [-0.2, 0) is 21.4 Å².